The summed E-state index contributed by atoms with van der Waals surface area (Å²) in [4.78, 5) is 26.4. The second-order valence-corrected chi connectivity index (χ2v) is 6.60. The van der Waals surface area contributed by atoms with Crippen LogP contribution in [0.25, 0.3) is 0 Å². The lowest BCUT2D eigenvalue weighted by atomic mass is 10.2. The minimum Gasteiger partial charge on any atom is -0.360 e. The smallest absolute Gasteiger partial charge is 0.322 e. The molecule has 0 spiro atoms. The van der Waals surface area contributed by atoms with Crippen LogP contribution in [0.4, 0.5) is 16.3 Å². The number of urea groups is 1. The Morgan fingerprint density at radius 2 is 1.92 bits per heavy atom. The summed E-state index contributed by atoms with van der Waals surface area (Å²) in [6, 6.07) is 5.86. The fourth-order valence-corrected chi connectivity index (χ4v) is 2.70. The van der Waals surface area contributed by atoms with Gasteiger partial charge in [0, 0.05) is 12.1 Å². The molecule has 0 fully saturated rings. The van der Waals surface area contributed by atoms with Crippen molar-refractivity contribution in [3.05, 3.63) is 40.1 Å². The molecule has 2 N–H and O–H groups in total. The molecule has 0 aliphatic carbocycles. The number of carbonyl (C=O) groups excluding carboxylic acids is 2. The number of aryl methyl sites for hydroxylation is 1. The molecule has 0 bridgehead atoms. The number of para-hydroxylation sites is 1. The van der Waals surface area contributed by atoms with Crippen molar-refractivity contribution in [1.29, 1.82) is 0 Å². The maximum Gasteiger partial charge on any atom is 0.322 e. The van der Waals surface area contributed by atoms with Gasteiger partial charge in [0.25, 0.3) is 0 Å². The molecule has 1 aromatic carbocycles. The fourth-order valence-electron chi connectivity index (χ4n) is 2.21. The van der Waals surface area contributed by atoms with Gasteiger partial charge in [0.2, 0.25) is 5.91 Å². The molecule has 0 radical (unpaired) electrons. The Morgan fingerprint density at radius 1 is 1.27 bits per heavy atom. The number of anilines is 2. The zero-order chi connectivity index (χ0) is 19.3. The number of hydrogen-bond acceptors (Lipinski definition) is 4. The number of amides is 3. The van der Waals surface area contributed by atoms with E-state index in [0.29, 0.717) is 33.7 Å². The van der Waals surface area contributed by atoms with Gasteiger partial charge in [-0.2, -0.15) is 0 Å². The molecule has 7 nitrogen and oxygen atoms in total. The molecule has 9 heteroatoms. The number of benzene rings is 1. The van der Waals surface area contributed by atoms with Crippen molar-refractivity contribution in [3.63, 3.8) is 0 Å². The first-order valence-electron chi connectivity index (χ1n) is 8.06. The third kappa shape index (κ3) is 5.12. The Labute approximate surface area is 161 Å². The average Bonchev–Trinajstić information content (AvgIpc) is 3.00. The average molecular weight is 399 g/mol. The highest BCUT2D eigenvalue weighted by molar-refractivity contribution is 6.39. The molecule has 0 aliphatic rings. The Hall–Kier alpha value is -2.25. The molecular formula is C17H20Cl2N4O3. The van der Waals surface area contributed by atoms with Gasteiger partial charge in [-0.25, -0.2) is 4.79 Å². The Balaban J connectivity index is 2.10. The summed E-state index contributed by atoms with van der Waals surface area (Å²) in [5.41, 5.74) is 0.307. The number of nitrogens with one attached hydrogen (secondary N) is 2. The van der Waals surface area contributed by atoms with E-state index >= 15 is 0 Å². The van der Waals surface area contributed by atoms with Crippen LogP contribution in [0.2, 0.25) is 10.0 Å². The van der Waals surface area contributed by atoms with Crippen LogP contribution in [0, 0.1) is 6.92 Å². The Morgan fingerprint density at radius 3 is 2.46 bits per heavy atom. The second-order valence-electron chi connectivity index (χ2n) is 5.78. The minimum atomic E-state index is -0.471. The van der Waals surface area contributed by atoms with Gasteiger partial charge in [0.1, 0.15) is 12.3 Å². The number of nitrogens with zero attached hydrogens (tertiary/aromatic N) is 2. The molecular weight excluding hydrogens is 379 g/mol. The number of aromatic nitrogens is 1. The predicted octanol–water partition coefficient (Wildman–Crippen LogP) is 4.56. The van der Waals surface area contributed by atoms with Gasteiger partial charge >= 0.3 is 6.03 Å². The summed E-state index contributed by atoms with van der Waals surface area (Å²) in [6.07, 6.45) is 0.667. The van der Waals surface area contributed by atoms with Gasteiger partial charge in [0.15, 0.2) is 5.82 Å². The molecule has 1 aromatic heterocycles. The van der Waals surface area contributed by atoms with Gasteiger partial charge in [-0.3, -0.25) is 4.79 Å². The van der Waals surface area contributed by atoms with E-state index in [9.17, 15) is 9.59 Å². The van der Waals surface area contributed by atoms with Crippen LogP contribution >= 0.6 is 23.2 Å². The largest absolute Gasteiger partial charge is 0.360 e. The van der Waals surface area contributed by atoms with Crippen LogP contribution in [0.15, 0.2) is 28.8 Å². The zero-order valence-corrected chi connectivity index (χ0v) is 16.2. The van der Waals surface area contributed by atoms with Crippen LogP contribution in [0.5, 0.6) is 0 Å². The van der Waals surface area contributed by atoms with Gasteiger partial charge in [-0.1, -0.05) is 41.3 Å². The number of halogens is 2. The van der Waals surface area contributed by atoms with Crippen LogP contribution in [-0.4, -0.2) is 34.6 Å². The molecule has 2 aromatic rings. The van der Waals surface area contributed by atoms with E-state index in [2.05, 4.69) is 15.8 Å². The maximum atomic E-state index is 12.7. The van der Waals surface area contributed by atoms with Crippen molar-refractivity contribution in [2.24, 2.45) is 0 Å². The fraction of sp³-hybridized carbons (Fsp3) is 0.353. The van der Waals surface area contributed by atoms with Crippen molar-refractivity contribution in [1.82, 2.24) is 10.1 Å². The lowest BCUT2D eigenvalue weighted by Crippen LogP contribution is -2.45. The van der Waals surface area contributed by atoms with Crippen molar-refractivity contribution in [3.8, 4) is 0 Å². The van der Waals surface area contributed by atoms with E-state index in [-0.39, 0.29) is 18.5 Å². The first-order chi connectivity index (χ1) is 12.3. The lowest BCUT2D eigenvalue weighted by molar-refractivity contribution is -0.117. The van der Waals surface area contributed by atoms with Crippen molar-refractivity contribution >= 4 is 46.6 Å². The van der Waals surface area contributed by atoms with E-state index in [1.807, 2.05) is 13.8 Å². The molecule has 1 heterocycles. The number of rotatable bonds is 6. The summed E-state index contributed by atoms with van der Waals surface area (Å²) in [5, 5.41) is 9.61. The van der Waals surface area contributed by atoms with E-state index in [4.69, 9.17) is 27.7 Å². The minimum absolute atomic E-state index is 0.158. The summed E-state index contributed by atoms with van der Waals surface area (Å²) >= 11 is 12.2. The monoisotopic (exact) mass is 398 g/mol. The highest BCUT2D eigenvalue weighted by Gasteiger charge is 2.23. The van der Waals surface area contributed by atoms with Crippen LogP contribution in [-0.2, 0) is 4.79 Å². The standard InChI is InChI=1S/C17H20Cl2N4O3/c1-4-10(2)23(9-15(24)20-14-8-11(3)26-22-14)17(25)21-16-12(18)6-5-7-13(16)19/h5-8,10H,4,9H2,1-3H3,(H,21,25)(H,20,22,24)/t10-/m0/s1. The highest BCUT2D eigenvalue weighted by atomic mass is 35.5. The Kier molecular flexibility index (Phi) is 6.88. The first-order valence-corrected chi connectivity index (χ1v) is 8.82. The van der Waals surface area contributed by atoms with Crippen molar-refractivity contribution < 1.29 is 14.1 Å². The molecule has 1 atom stereocenters. The summed E-state index contributed by atoms with van der Waals surface area (Å²) < 4.78 is 4.90. The zero-order valence-electron chi connectivity index (χ0n) is 14.7. The molecule has 2 rings (SSSR count). The molecule has 0 unspecified atom stereocenters. The first kappa shape index (κ1) is 20.1. The Bertz CT molecular complexity index is 774. The van der Waals surface area contributed by atoms with E-state index in [0.717, 1.165) is 0 Å². The summed E-state index contributed by atoms with van der Waals surface area (Å²) in [7, 11) is 0. The van der Waals surface area contributed by atoms with E-state index in [1.165, 1.54) is 4.90 Å². The van der Waals surface area contributed by atoms with Gasteiger partial charge in [-0.05, 0) is 32.4 Å². The van der Waals surface area contributed by atoms with Crippen molar-refractivity contribution in [2.75, 3.05) is 17.2 Å². The molecule has 140 valence electrons. The van der Waals surface area contributed by atoms with Crippen molar-refractivity contribution in [2.45, 2.75) is 33.2 Å². The molecule has 0 aliphatic heterocycles. The maximum absolute atomic E-state index is 12.7. The number of hydrogen-bond donors (Lipinski definition) is 2. The second kappa shape index (κ2) is 8.91. The van der Waals surface area contributed by atoms with Gasteiger partial charge in [0.05, 0.1) is 15.7 Å². The SMILES string of the molecule is CC[C@H](C)N(CC(=O)Nc1cc(C)on1)C(=O)Nc1c(Cl)cccc1Cl. The van der Waals surface area contributed by atoms with Gasteiger partial charge in [-0.15, -0.1) is 0 Å². The third-order valence-corrected chi connectivity index (χ3v) is 4.42. The van der Waals surface area contributed by atoms with Crippen LogP contribution in [0.3, 0.4) is 0 Å². The summed E-state index contributed by atoms with van der Waals surface area (Å²) in [5.74, 6) is 0.482. The van der Waals surface area contributed by atoms with E-state index in [1.54, 1.807) is 31.2 Å². The molecule has 0 saturated carbocycles. The third-order valence-electron chi connectivity index (χ3n) is 3.79. The van der Waals surface area contributed by atoms with Crippen LogP contribution < -0.4 is 10.6 Å². The quantitative estimate of drug-likeness (QED) is 0.746. The van der Waals surface area contributed by atoms with Crippen LogP contribution in [0.1, 0.15) is 26.0 Å². The molecule has 0 saturated heterocycles. The highest BCUT2D eigenvalue weighted by Crippen LogP contribution is 2.30. The molecule has 3 amide bonds. The number of carbonyl (C=O) groups is 2. The lowest BCUT2D eigenvalue weighted by Gasteiger charge is -2.28. The van der Waals surface area contributed by atoms with Gasteiger partial charge < -0.3 is 20.1 Å². The van der Waals surface area contributed by atoms with E-state index < -0.39 is 6.03 Å². The summed E-state index contributed by atoms with van der Waals surface area (Å²) in [6.45, 7) is 5.33. The topological polar surface area (TPSA) is 87.5 Å². The molecule has 26 heavy (non-hydrogen) atoms. The predicted molar refractivity (Wildman–Crippen MR) is 102 cm³/mol. The normalized spacial score (nSPS) is 11.7.